The average molecular weight is 266 g/mol. The first kappa shape index (κ1) is 16.0. The molecule has 0 amide bonds. The minimum Gasteiger partial charge on any atom is -0.491 e. The molecule has 4 nitrogen and oxygen atoms in total. The summed E-state index contributed by atoms with van der Waals surface area (Å²) in [6.07, 6.45) is 0.907. The summed E-state index contributed by atoms with van der Waals surface area (Å²) in [4.78, 5) is 0. The number of ether oxygens (including phenoxy) is 1. The number of benzene rings is 1. The van der Waals surface area contributed by atoms with Crippen LogP contribution >= 0.6 is 0 Å². The van der Waals surface area contributed by atoms with Crippen molar-refractivity contribution < 1.29 is 9.84 Å². The van der Waals surface area contributed by atoms with Gasteiger partial charge in [0.2, 0.25) is 0 Å². The van der Waals surface area contributed by atoms with Crippen molar-refractivity contribution in [2.24, 2.45) is 5.73 Å². The highest BCUT2D eigenvalue weighted by Crippen LogP contribution is 2.19. The number of nitrogens with two attached hydrogens (primary N) is 1. The Morgan fingerprint density at radius 1 is 1.21 bits per heavy atom. The molecule has 0 fully saturated rings. The minimum atomic E-state index is 0.106. The van der Waals surface area contributed by atoms with Crippen LogP contribution < -0.4 is 15.8 Å². The SMILES string of the molecule is CC(CCO)NC(CN)c1ccc(OC(C)C)cc1. The van der Waals surface area contributed by atoms with Crippen LogP contribution in [0.25, 0.3) is 0 Å². The van der Waals surface area contributed by atoms with E-state index in [1.54, 1.807) is 0 Å². The first-order valence-electron chi connectivity index (χ1n) is 6.90. The molecule has 0 saturated heterocycles. The van der Waals surface area contributed by atoms with Gasteiger partial charge in [0.15, 0.2) is 0 Å². The molecule has 0 radical (unpaired) electrons. The smallest absolute Gasteiger partial charge is 0.119 e. The normalized spacial score (nSPS) is 14.4. The van der Waals surface area contributed by atoms with Crippen molar-refractivity contribution in [3.8, 4) is 5.75 Å². The molecule has 0 saturated carbocycles. The fraction of sp³-hybridized carbons (Fsp3) is 0.600. The molecule has 0 aliphatic rings. The highest BCUT2D eigenvalue weighted by Gasteiger charge is 2.12. The van der Waals surface area contributed by atoms with E-state index >= 15 is 0 Å². The molecule has 0 aliphatic carbocycles. The van der Waals surface area contributed by atoms with Crippen LogP contribution in [0.1, 0.15) is 38.8 Å². The molecule has 4 N–H and O–H groups in total. The van der Waals surface area contributed by atoms with E-state index in [0.717, 1.165) is 17.7 Å². The number of aliphatic hydroxyl groups excluding tert-OH is 1. The van der Waals surface area contributed by atoms with Crippen molar-refractivity contribution in [3.63, 3.8) is 0 Å². The third-order valence-corrected chi connectivity index (χ3v) is 2.94. The number of hydrogen-bond acceptors (Lipinski definition) is 4. The van der Waals surface area contributed by atoms with Gasteiger partial charge in [0.25, 0.3) is 0 Å². The van der Waals surface area contributed by atoms with E-state index in [1.165, 1.54) is 0 Å². The zero-order valence-electron chi connectivity index (χ0n) is 12.1. The van der Waals surface area contributed by atoms with Crippen LogP contribution in [0.2, 0.25) is 0 Å². The van der Waals surface area contributed by atoms with Crippen molar-refractivity contribution in [1.29, 1.82) is 0 Å². The second-order valence-corrected chi connectivity index (χ2v) is 5.10. The summed E-state index contributed by atoms with van der Waals surface area (Å²) < 4.78 is 5.62. The van der Waals surface area contributed by atoms with Crippen molar-refractivity contribution in [3.05, 3.63) is 29.8 Å². The minimum absolute atomic E-state index is 0.106. The van der Waals surface area contributed by atoms with Gasteiger partial charge in [-0.3, -0.25) is 0 Å². The highest BCUT2D eigenvalue weighted by atomic mass is 16.5. The van der Waals surface area contributed by atoms with E-state index in [1.807, 2.05) is 38.1 Å². The van der Waals surface area contributed by atoms with Gasteiger partial charge in [-0.15, -0.1) is 0 Å². The standard InChI is InChI=1S/C15H26N2O2/c1-11(2)19-14-6-4-13(5-7-14)15(10-16)17-12(3)8-9-18/h4-7,11-12,15,17-18H,8-10,16H2,1-3H3. The third kappa shape index (κ3) is 5.59. The number of hydrogen-bond donors (Lipinski definition) is 3. The largest absolute Gasteiger partial charge is 0.491 e. The van der Waals surface area contributed by atoms with Gasteiger partial charge in [-0.2, -0.15) is 0 Å². The van der Waals surface area contributed by atoms with Crippen LogP contribution in [0.4, 0.5) is 0 Å². The zero-order chi connectivity index (χ0) is 14.3. The molecule has 0 aromatic heterocycles. The lowest BCUT2D eigenvalue weighted by molar-refractivity contribution is 0.242. The van der Waals surface area contributed by atoms with E-state index in [4.69, 9.17) is 15.6 Å². The van der Waals surface area contributed by atoms with E-state index < -0.39 is 0 Å². The number of nitrogens with one attached hydrogen (secondary N) is 1. The van der Waals surface area contributed by atoms with Crippen LogP contribution in [0.3, 0.4) is 0 Å². The van der Waals surface area contributed by atoms with Crippen molar-refractivity contribution in [2.45, 2.75) is 45.4 Å². The third-order valence-electron chi connectivity index (χ3n) is 2.94. The van der Waals surface area contributed by atoms with E-state index in [-0.39, 0.29) is 24.8 Å². The van der Waals surface area contributed by atoms with Gasteiger partial charge in [0, 0.05) is 25.2 Å². The van der Waals surface area contributed by atoms with Gasteiger partial charge in [0.05, 0.1) is 6.10 Å². The molecular formula is C15H26N2O2. The number of rotatable bonds is 8. The summed E-state index contributed by atoms with van der Waals surface area (Å²) in [6.45, 7) is 6.78. The van der Waals surface area contributed by atoms with Crippen LogP contribution in [-0.2, 0) is 0 Å². The summed E-state index contributed by atoms with van der Waals surface area (Å²) in [5.74, 6) is 0.873. The first-order valence-corrected chi connectivity index (χ1v) is 6.90. The molecule has 0 heterocycles. The molecule has 1 rings (SSSR count). The van der Waals surface area contributed by atoms with E-state index in [9.17, 15) is 0 Å². The second kappa shape index (κ2) is 8.15. The quantitative estimate of drug-likeness (QED) is 0.671. The second-order valence-electron chi connectivity index (χ2n) is 5.10. The molecule has 1 aromatic rings. The lowest BCUT2D eigenvalue weighted by atomic mass is 10.1. The zero-order valence-corrected chi connectivity index (χ0v) is 12.1. The molecule has 2 unspecified atom stereocenters. The van der Waals surface area contributed by atoms with Crippen LogP contribution in [-0.4, -0.2) is 30.4 Å². The Kier molecular flexibility index (Phi) is 6.84. The van der Waals surface area contributed by atoms with Gasteiger partial charge >= 0.3 is 0 Å². The van der Waals surface area contributed by atoms with Gasteiger partial charge < -0.3 is 20.9 Å². The maximum absolute atomic E-state index is 8.93. The predicted molar refractivity (Wildman–Crippen MR) is 78.3 cm³/mol. The van der Waals surface area contributed by atoms with Gasteiger partial charge in [-0.25, -0.2) is 0 Å². The molecule has 2 atom stereocenters. The van der Waals surface area contributed by atoms with Crippen LogP contribution in [0.15, 0.2) is 24.3 Å². The Hall–Kier alpha value is -1.10. The summed E-state index contributed by atoms with van der Waals surface area (Å²) in [5.41, 5.74) is 6.95. The Morgan fingerprint density at radius 3 is 2.32 bits per heavy atom. The monoisotopic (exact) mass is 266 g/mol. The van der Waals surface area contributed by atoms with Gasteiger partial charge in [0.1, 0.15) is 5.75 Å². The maximum Gasteiger partial charge on any atom is 0.119 e. The van der Waals surface area contributed by atoms with Crippen LogP contribution in [0.5, 0.6) is 5.75 Å². The fourth-order valence-electron chi connectivity index (χ4n) is 1.97. The number of aliphatic hydroxyl groups is 1. The first-order chi connectivity index (χ1) is 9.06. The Morgan fingerprint density at radius 2 is 1.84 bits per heavy atom. The van der Waals surface area contributed by atoms with Crippen LogP contribution in [0, 0.1) is 0 Å². The lowest BCUT2D eigenvalue weighted by Crippen LogP contribution is -2.35. The molecule has 4 heteroatoms. The Bertz CT molecular complexity index is 352. The molecule has 0 aliphatic heterocycles. The Labute approximate surface area is 116 Å². The molecule has 19 heavy (non-hydrogen) atoms. The molecule has 0 bridgehead atoms. The maximum atomic E-state index is 8.93. The summed E-state index contributed by atoms with van der Waals surface area (Å²) in [7, 11) is 0. The molecule has 0 spiro atoms. The summed E-state index contributed by atoms with van der Waals surface area (Å²) in [6, 6.07) is 8.36. The average Bonchev–Trinajstić information content (AvgIpc) is 2.37. The van der Waals surface area contributed by atoms with Crippen molar-refractivity contribution in [2.75, 3.05) is 13.2 Å². The van der Waals surface area contributed by atoms with E-state index in [0.29, 0.717) is 6.54 Å². The van der Waals surface area contributed by atoms with Crippen molar-refractivity contribution >= 4 is 0 Å². The summed E-state index contributed by atoms with van der Waals surface area (Å²) >= 11 is 0. The Balaban J connectivity index is 2.65. The summed E-state index contributed by atoms with van der Waals surface area (Å²) in [5, 5.41) is 12.3. The van der Waals surface area contributed by atoms with Gasteiger partial charge in [-0.1, -0.05) is 12.1 Å². The molecular weight excluding hydrogens is 240 g/mol. The molecule has 108 valence electrons. The predicted octanol–water partition coefficient (Wildman–Crippen LogP) is 1.83. The fourth-order valence-corrected chi connectivity index (χ4v) is 1.97. The highest BCUT2D eigenvalue weighted by molar-refractivity contribution is 5.29. The van der Waals surface area contributed by atoms with E-state index in [2.05, 4.69) is 12.2 Å². The lowest BCUT2D eigenvalue weighted by Gasteiger charge is -2.22. The topological polar surface area (TPSA) is 67.5 Å². The molecule has 1 aromatic carbocycles. The van der Waals surface area contributed by atoms with Gasteiger partial charge in [-0.05, 0) is 44.9 Å². The van der Waals surface area contributed by atoms with Crippen molar-refractivity contribution in [1.82, 2.24) is 5.32 Å².